The number of piperidine rings is 1. The van der Waals surface area contributed by atoms with Gasteiger partial charge in [-0.05, 0) is 31.4 Å². The summed E-state index contributed by atoms with van der Waals surface area (Å²) in [7, 11) is 5.56. The predicted molar refractivity (Wildman–Crippen MR) is 146 cm³/mol. The number of para-hydroxylation sites is 1. The summed E-state index contributed by atoms with van der Waals surface area (Å²) in [6.45, 7) is 7.16. The average molecular weight is 573 g/mol. The molecule has 0 saturated carbocycles. The van der Waals surface area contributed by atoms with Crippen molar-refractivity contribution >= 4 is 47.4 Å². The molecule has 2 rings (SSSR count). The van der Waals surface area contributed by atoms with Gasteiger partial charge in [0.15, 0.2) is 5.96 Å². The molecule has 8 nitrogen and oxygen atoms in total. The van der Waals surface area contributed by atoms with Crippen LogP contribution in [0, 0.1) is 5.92 Å². The normalized spacial score (nSPS) is 14.5. The van der Waals surface area contributed by atoms with Crippen LogP contribution in [0.25, 0.3) is 0 Å². The lowest BCUT2D eigenvalue weighted by Gasteiger charge is -2.34. The number of nitrogens with zero attached hydrogens (tertiary/aromatic N) is 4. The van der Waals surface area contributed by atoms with Gasteiger partial charge in [-0.3, -0.25) is 9.59 Å². The maximum absolute atomic E-state index is 12.2. The second kappa shape index (κ2) is 15.0. The van der Waals surface area contributed by atoms with E-state index in [2.05, 4.69) is 39.7 Å². The highest BCUT2D eigenvalue weighted by Crippen LogP contribution is 2.13. The van der Waals surface area contributed by atoms with Gasteiger partial charge >= 0.3 is 0 Å². The number of likely N-dealkylation sites (tertiary alicyclic amines) is 1. The Morgan fingerprint density at radius 1 is 1.12 bits per heavy atom. The van der Waals surface area contributed by atoms with Crippen molar-refractivity contribution in [1.82, 2.24) is 20.4 Å². The summed E-state index contributed by atoms with van der Waals surface area (Å²) in [6.07, 6.45) is 2.68. The maximum atomic E-state index is 12.2. The monoisotopic (exact) mass is 572 g/mol. The minimum absolute atomic E-state index is 0. The van der Waals surface area contributed by atoms with Crippen molar-refractivity contribution in [1.29, 1.82) is 0 Å². The minimum atomic E-state index is -0.0349. The quantitative estimate of drug-likeness (QED) is 0.206. The number of guanidine groups is 1. The molecule has 9 heteroatoms. The number of amides is 2. The topological polar surface area (TPSA) is 80.3 Å². The SMILES string of the molecule is CC(C)C(=O)N1CCC(NC(=NCC(=O)N(C)C)NCCCN(C)c2ccccc2)CC1.I. The molecule has 2 N–H and O–H groups in total. The van der Waals surface area contributed by atoms with Crippen molar-refractivity contribution in [2.75, 3.05) is 58.8 Å². The lowest BCUT2D eigenvalue weighted by molar-refractivity contribution is -0.135. The van der Waals surface area contributed by atoms with Crippen LogP contribution in [-0.4, -0.2) is 87.5 Å². The Bertz CT molecular complexity index is 749. The number of carbonyl (C=O) groups is 2. The van der Waals surface area contributed by atoms with E-state index in [1.165, 1.54) is 5.69 Å². The molecule has 0 unspecified atom stereocenters. The van der Waals surface area contributed by atoms with Gasteiger partial charge < -0.3 is 25.3 Å². The van der Waals surface area contributed by atoms with Crippen LogP contribution in [0.1, 0.15) is 33.1 Å². The molecule has 33 heavy (non-hydrogen) atoms. The van der Waals surface area contributed by atoms with Crippen molar-refractivity contribution < 1.29 is 9.59 Å². The van der Waals surface area contributed by atoms with Gasteiger partial charge in [0, 0.05) is 65.0 Å². The number of benzene rings is 1. The summed E-state index contributed by atoms with van der Waals surface area (Å²) >= 11 is 0. The first-order chi connectivity index (χ1) is 15.3. The van der Waals surface area contributed by atoms with Gasteiger partial charge in [0.1, 0.15) is 6.54 Å². The Labute approximate surface area is 216 Å². The van der Waals surface area contributed by atoms with Crippen molar-refractivity contribution in [3.05, 3.63) is 30.3 Å². The van der Waals surface area contributed by atoms with Crippen molar-refractivity contribution in [3.8, 4) is 0 Å². The molecule has 0 atom stereocenters. The number of hydrogen-bond acceptors (Lipinski definition) is 4. The number of halogens is 1. The number of anilines is 1. The van der Waals surface area contributed by atoms with Crippen LogP contribution in [-0.2, 0) is 9.59 Å². The van der Waals surface area contributed by atoms with Gasteiger partial charge in [0.2, 0.25) is 11.8 Å². The van der Waals surface area contributed by atoms with Crippen LogP contribution >= 0.6 is 24.0 Å². The molecule has 1 aliphatic heterocycles. The highest BCUT2D eigenvalue weighted by molar-refractivity contribution is 14.0. The highest BCUT2D eigenvalue weighted by Gasteiger charge is 2.24. The molecule has 1 aliphatic rings. The lowest BCUT2D eigenvalue weighted by atomic mass is 10.0. The average Bonchev–Trinajstić information content (AvgIpc) is 2.80. The minimum Gasteiger partial charge on any atom is -0.375 e. The van der Waals surface area contributed by atoms with Gasteiger partial charge in [-0.1, -0.05) is 32.0 Å². The fourth-order valence-electron chi connectivity index (χ4n) is 3.58. The number of likely N-dealkylation sites (N-methyl/N-ethyl adjacent to an activating group) is 1. The first-order valence-corrected chi connectivity index (χ1v) is 11.6. The predicted octanol–water partition coefficient (Wildman–Crippen LogP) is 2.40. The molecule has 1 aromatic rings. The summed E-state index contributed by atoms with van der Waals surface area (Å²) < 4.78 is 0. The third-order valence-corrected chi connectivity index (χ3v) is 5.67. The molecule has 1 saturated heterocycles. The molecule has 186 valence electrons. The third-order valence-electron chi connectivity index (χ3n) is 5.67. The number of aliphatic imine (C=N–C) groups is 1. The van der Waals surface area contributed by atoms with Crippen molar-refractivity contribution in [2.24, 2.45) is 10.9 Å². The first-order valence-electron chi connectivity index (χ1n) is 11.6. The zero-order chi connectivity index (χ0) is 23.5. The first kappa shape index (κ1) is 29.0. The zero-order valence-electron chi connectivity index (χ0n) is 20.7. The van der Waals surface area contributed by atoms with Crippen LogP contribution in [0.15, 0.2) is 35.3 Å². The second-order valence-electron chi connectivity index (χ2n) is 8.89. The fourth-order valence-corrected chi connectivity index (χ4v) is 3.58. The van der Waals surface area contributed by atoms with Gasteiger partial charge in [-0.2, -0.15) is 0 Å². The van der Waals surface area contributed by atoms with E-state index in [0.29, 0.717) is 5.96 Å². The van der Waals surface area contributed by atoms with E-state index in [-0.39, 0.29) is 54.3 Å². The number of rotatable bonds is 9. The van der Waals surface area contributed by atoms with Crippen molar-refractivity contribution in [3.63, 3.8) is 0 Å². The molecular weight excluding hydrogens is 531 g/mol. The van der Waals surface area contributed by atoms with Crippen molar-refractivity contribution in [2.45, 2.75) is 39.2 Å². The molecule has 0 bridgehead atoms. The zero-order valence-corrected chi connectivity index (χ0v) is 23.0. The second-order valence-corrected chi connectivity index (χ2v) is 8.89. The summed E-state index contributed by atoms with van der Waals surface area (Å²) in [5, 5.41) is 6.86. The Morgan fingerprint density at radius 3 is 2.33 bits per heavy atom. The van der Waals surface area contributed by atoms with E-state index in [4.69, 9.17) is 0 Å². The smallest absolute Gasteiger partial charge is 0.243 e. The lowest BCUT2D eigenvalue weighted by Crippen LogP contribution is -2.50. The van der Waals surface area contributed by atoms with E-state index in [1.54, 1.807) is 19.0 Å². The fraction of sp³-hybridized carbons (Fsp3) is 0.625. The molecule has 2 amide bonds. The molecule has 0 aromatic heterocycles. The van der Waals surface area contributed by atoms with Crippen LogP contribution < -0.4 is 15.5 Å². The van der Waals surface area contributed by atoms with Crippen LogP contribution in [0.4, 0.5) is 5.69 Å². The number of hydrogen-bond donors (Lipinski definition) is 2. The molecule has 1 fully saturated rings. The van der Waals surface area contributed by atoms with E-state index in [1.807, 2.05) is 36.9 Å². The summed E-state index contributed by atoms with van der Waals surface area (Å²) in [5.74, 6) is 0.877. The largest absolute Gasteiger partial charge is 0.375 e. The number of carbonyl (C=O) groups excluding carboxylic acids is 2. The summed E-state index contributed by atoms with van der Waals surface area (Å²) in [6, 6.07) is 10.5. The van der Waals surface area contributed by atoms with Gasteiger partial charge in [-0.15, -0.1) is 24.0 Å². The van der Waals surface area contributed by atoms with E-state index in [0.717, 1.165) is 45.4 Å². The number of nitrogens with one attached hydrogen (secondary N) is 2. The van der Waals surface area contributed by atoms with Crippen LogP contribution in [0.5, 0.6) is 0 Å². The molecule has 1 heterocycles. The molecule has 1 aromatic carbocycles. The standard InChI is InChI=1S/C24H40N6O2.HI/c1-19(2)23(32)30-16-12-20(13-17-30)27-24(26-18-22(31)28(3)4)25-14-9-15-29(5)21-10-7-6-8-11-21;/h6-8,10-11,19-20H,9,12-18H2,1-5H3,(H2,25,26,27);1H. The Balaban J connectivity index is 0.00000544. The summed E-state index contributed by atoms with van der Waals surface area (Å²) in [5.41, 5.74) is 1.19. The molecule has 0 radical (unpaired) electrons. The Hall–Kier alpha value is -2.04. The molecular formula is C24H41IN6O2. The van der Waals surface area contributed by atoms with E-state index >= 15 is 0 Å². The van der Waals surface area contributed by atoms with E-state index < -0.39 is 0 Å². The van der Waals surface area contributed by atoms with Gasteiger partial charge in [0.25, 0.3) is 0 Å². The molecule has 0 spiro atoms. The van der Waals surface area contributed by atoms with Crippen LogP contribution in [0.2, 0.25) is 0 Å². The van der Waals surface area contributed by atoms with Gasteiger partial charge in [0.05, 0.1) is 0 Å². The van der Waals surface area contributed by atoms with E-state index in [9.17, 15) is 9.59 Å². The maximum Gasteiger partial charge on any atom is 0.243 e. The van der Waals surface area contributed by atoms with Crippen LogP contribution in [0.3, 0.4) is 0 Å². The molecule has 0 aliphatic carbocycles. The third kappa shape index (κ3) is 10.2. The summed E-state index contributed by atoms with van der Waals surface area (Å²) in [4.78, 5) is 34.5. The Kier molecular flexibility index (Phi) is 13.2. The van der Waals surface area contributed by atoms with Gasteiger partial charge in [-0.25, -0.2) is 4.99 Å². The Morgan fingerprint density at radius 2 is 1.76 bits per heavy atom. The highest BCUT2D eigenvalue weighted by atomic mass is 127.